The van der Waals surface area contributed by atoms with Gasteiger partial charge < -0.3 is 9.73 Å². The first kappa shape index (κ1) is 11.9. The molecule has 0 aliphatic heterocycles. The molecule has 0 saturated heterocycles. The molecule has 2 rings (SSSR count). The van der Waals surface area contributed by atoms with Crippen molar-refractivity contribution in [3.8, 4) is 0 Å². The van der Waals surface area contributed by atoms with E-state index in [2.05, 4.69) is 47.6 Å². The summed E-state index contributed by atoms with van der Waals surface area (Å²) >= 11 is 0. The molecular weight excluding hydrogens is 212 g/mol. The molecule has 0 bridgehead atoms. The Kier molecular flexibility index (Phi) is 4.33. The third kappa shape index (κ3) is 4.04. The second kappa shape index (κ2) is 6.21. The Labute approximate surface area is 102 Å². The van der Waals surface area contributed by atoms with E-state index in [4.69, 9.17) is 4.42 Å². The highest BCUT2D eigenvalue weighted by Gasteiger charge is 2.03. The van der Waals surface area contributed by atoms with Crippen molar-refractivity contribution in [2.24, 2.45) is 0 Å². The van der Waals surface area contributed by atoms with Crippen LogP contribution >= 0.6 is 0 Å². The molecule has 1 N–H and O–H groups in total. The SMILES string of the molecule is CC(CCc1ccccc1)NCc1cnco1. The van der Waals surface area contributed by atoms with Crippen LogP contribution in [0.5, 0.6) is 0 Å². The molecule has 1 heterocycles. The smallest absolute Gasteiger partial charge is 0.180 e. The van der Waals surface area contributed by atoms with Crippen molar-refractivity contribution < 1.29 is 4.42 Å². The molecule has 1 aromatic heterocycles. The molecular formula is C14H18N2O. The Morgan fingerprint density at radius 3 is 2.82 bits per heavy atom. The van der Waals surface area contributed by atoms with Crippen molar-refractivity contribution >= 4 is 0 Å². The maximum absolute atomic E-state index is 5.17. The molecule has 1 atom stereocenters. The van der Waals surface area contributed by atoms with Gasteiger partial charge >= 0.3 is 0 Å². The van der Waals surface area contributed by atoms with Gasteiger partial charge in [0.1, 0.15) is 5.76 Å². The number of aromatic nitrogens is 1. The molecule has 17 heavy (non-hydrogen) atoms. The molecule has 2 aromatic rings. The normalized spacial score (nSPS) is 12.5. The van der Waals surface area contributed by atoms with Crippen molar-refractivity contribution in [3.63, 3.8) is 0 Å². The number of rotatable bonds is 6. The summed E-state index contributed by atoms with van der Waals surface area (Å²) in [5.74, 6) is 0.886. The fraction of sp³-hybridized carbons (Fsp3) is 0.357. The first-order chi connectivity index (χ1) is 8.34. The van der Waals surface area contributed by atoms with Crippen LogP contribution < -0.4 is 5.32 Å². The third-order valence-electron chi connectivity index (χ3n) is 2.82. The molecule has 90 valence electrons. The van der Waals surface area contributed by atoms with E-state index in [1.165, 1.54) is 12.0 Å². The fourth-order valence-electron chi connectivity index (χ4n) is 1.73. The van der Waals surface area contributed by atoms with Gasteiger partial charge in [0.15, 0.2) is 6.39 Å². The number of aryl methyl sites for hydroxylation is 1. The number of nitrogens with one attached hydrogen (secondary N) is 1. The van der Waals surface area contributed by atoms with Crippen LogP contribution in [0.1, 0.15) is 24.7 Å². The van der Waals surface area contributed by atoms with Gasteiger partial charge in [-0.2, -0.15) is 0 Å². The largest absolute Gasteiger partial charge is 0.447 e. The highest BCUT2D eigenvalue weighted by molar-refractivity contribution is 5.14. The summed E-state index contributed by atoms with van der Waals surface area (Å²) in [6.07, 6.45) is 5.44. The lowest BCUT2D eigenvalue weighted by Crippen LogP contribution is -2.25. The van der Waals surface area contributed by atoms with Crippen LogP contribution in [0.4, 0.5) is 0 Å². The summed E-state index contributed by atoms with van der Waals surface area (Å²) in [7, 11) is 0. The lowest BCUT2D eigenvalue weighted by atomic mass is 10.1. The maximum Gasteiger partial charge on any atom is 0.180 e. The standard InChI is InChI=1S/C14H18N2O/c1-12(16-10-14-9-15-11-17-14)7-8-13-5-3-2-4-6-13/h2-6,9,11-12,16H,7-8,10H2,1H3. The average Bonchev–Trinajstić information content (AvgIpc) is 2.88. The molecule has 3 nitrogen and oxygen atoms in total. The van der Waals surface area contributed by atoms with E-state index >= 15 is 0 Å². The van der Waals surface area contributed by atoms with Crippen LogP contribution in [0, 0.1) is 0 Å². The second-order valence-electron chi connectivity index (χ2n) is 4.27. The fourth-order valence-corrected chi connectivity index (χ4v) is 1.73. The quantitative estimate of drug-likeness (QED) is 0.829. The maximum atomic E-state index is 5.17. The third-order valence-corrected chi connectivity index (χ3v) is 2.82. The van der Waals surface area contributed by atoms with Crippen molar-refractivity contribution in [2.45, 2.75) is 32.4 Å². The van der Waals surface area contributed by atoms with E-state index in [9.17, 15) is 0 Å². The molecule has 1 aromatic carbocycles. The van der Waals surface area contributed by atoms with Crippen LogP contribution in [-0.2, 0) is 13.0 Å². The minimum Gasteiger partial charge on any atom is -0.447 e. The molecule has 0 spiro atoms. The predicted molar refractivity (Wildman–Crippen MR) is 67.6 cm³/mol. The Hall–Kier alpha value is -1.61. The lowest BCUT2D eigenvalue weighted by Gasteiger charge is -2.12. The number of benzene rings is 1. The zero-order valence-electron chi connectivity index (χ0n) is 10.1. The summed E-state index contributed by atoms with van der Waals surface area (Å²) in [4.78, 5) is 3.89. The van der Waals surface area contributed by atoms with E-state index < -0.39 is 0 Å². The first-order valence-corrected chi connectivity index (χ1v) is 5.99. The van der Waals surface area contributed by atoms with Crippen molar-refractivity contribution in [1.82, 2.24) is 10.3 Å². The molecule has 0 aliphatic carbocycles. The van der Waals surface area contributed by atoms with Crippen molar-refractivity contribution in [2.75, 3.05) is 0 Å². The molecule has 0 aliphatic rings. The van der Waals surface area contributed by atoms with E-state index in [1.807, 2.05) is 0 Å². The molecule has 0 saturated carbocycles. The number of hydrogen-bond acceptors (Lipinski definition) is 3. The minimum atomic E-state index is 0.473. The number of oxazole rings is 1. The Morgan fingerprint density at radius 1 is 1.29 bits per heavy atom. The topological polar surface area (TPSA) is 38.1 Å². The van der Waals surface area contributed by atoms with Gasteiger partial charge in [-0.1, -0.05) is 30.3 Å². The zero-order valence-corrected chi connectivity index (χ0v) is 10.1. The monoisotopic (exact) mass is 230 g/mol. The number of nitrogens with zero attached hydrogens (tertiary/aromatic N) is 1. The van der Waals surface area contributed by atoms with Crippen LogP contribution in [0.3, 0.4) is 0 Å². The van der Waals surface area contributed by atoms with Crippen LogP contribution in [0.2, 0.25) is 0 Å². The second-order valence-corrected chi connectivity index (χ2v) is 4.27. The van der Waals surface area contributed by atoms with Gasteiger partial charge in [0.05, 0.1) is 12.7 Å². The molecule has 1 unspecified atom stereocenters. The zero-order chi connectivity index (χ0) is 11.9. The Balaban J connectivity index is 1.69. The summed E-state index contributed by atoms with van der Waals surface area (Å²) in [6, 6.07) is 11.0. The highest BCUT2D eigenvalue weighted by atomic mass is 16.3. The van der Waals surface area contributed by atoms with E-state index in [0.29, 0.717) is 6.04 Å². The summed E-state index contributed by atoms with van der Waals surface area (Å²) in [5.41, 5.74) is 1.39. The molecule has 0 fully saturated rings. The summed E-state index contributed by atoms with van der Waals surface area (Å²) < 4.78 is 5.17. The van der Waals surface area contributed by atoms with Crippen molar-refractivity contribution in [3.05, 3.63) is 54.2 Å². The predicted octanol–water partition coefficient (Wildman–Crippen LogP) is 2.79. The van der Waals surface area contributed by atoms with Gasteiger partial charge in [-0.05, 0) is 25.3 Å². The van der Waals surface area contributed by atoms with Crippen LogP contribution in [0.15, 0.2) is 47.3 Å². The van der Waals surface area contributed by atoms with Gasteiger partial charge in [0, 0.05) is 6.04 Å². The van der Waals surface area contributed by atoms with Gasteiger partial charge in [-0.25, -0.2) is 4.98 Å². The Morgan fingerprint density at radius 2 is 2.12 bits per heavy atom. The van der Waals surface area contributed by atoms with E-state index in [0.717, 1.165) is 25.1 Å². The van der Waals surface area contributed by atoms with Gasteiger partial charge in [-0.15, -0.1) is 0 Å². The molecule has 0 radical (unpaired) electrons. The summed E-state index contributed by atoms with van der Waals surface area (Å²) in [6.45, 7) is 2.94. The summed E-state index contributed by atoms with van der Waals surface area (Å²) in [5, 5.41) is 3.42. The van der Waals surface area contributed by atoms with Gasteiger partial charge in [0.25, 0.3) is 0 Å². The lowest BCUT2D eigenvalue weighted by molar-refractivity contribution is 0.442. The molecule has 3 heteroatoms. The van der Waals surface area contributed by atoms with Gasteiger partial charge in [0.2, 0.25) is 0 Å². The van der Waals surface area contributed by atoms with Crippen LogP contribution in [-0.4, -0.2) is 11.0 Å². The first-order valence-electron chi connectivity index (χ1n) is 5.99. The van der Waals surface area contributed by atoms with E-state index in [1.54, 1.807) is 6.20 Å². The minimum absolute atomic E-state index is 0.473. The van der Waals surface area contributed by atoms with Gasteiger partial charge in [-0.3, -0.25) is 0 Å². The van der Waals surface area contributed by atoms with Crippen LogP contribution in [0.25, 0.3) is 0 Å². The highest BCUT2D eigenvalue weighted by Crippen LogP contribution is 2.05. The number of hydrogen-bond donors (Lipinski definition) is 1. The van der Waals surface area contributed by atoms with E-state index in [-0.39, 0.29) is 0 Å². The van der Waals surface area contributed by atoms with Crippen molar-refractivity contribution in [1.29, 1.82) is 0 Å². The molecule has 0 amide bonds. The Bertz CT molecular complexity index is 411. The average molecular weight is 230 g/mol.